The van der Waals surface area contributed by atoms with Crippen LogP contribution in [0.5, 0.6) is 5.75 Å². The SMILES string of the molecule is O[B]Oc1cc(-n2c3ccccc3c3ccc4c5ccccc5n(-c5ccccc5)c4c32)cc2c1sc1c(-c3ccccc3)cccc12. The number of para-hydroxylation sites is 3. The lowest BCUT2D eigenvalue weighted by Crippen LogP contribution is -2.02. The first-order valence-electron chi connectivity index (χ1n) is 16.0. The fourth-order valence-electron chi connectivity index (χ4n) is 7.59. The summed E-state index contributed by atoms with van der Waals surface area (Å²) < 4.78 is 12.9. The molecule has 48 heavy (non-hydrogen) atoms. The Hall–Kier alpha value is -5.82. The van der Waals surface area contributed by atoms with Gasteiger partial charge in [-0.15, -0.1) is 11.3 Å². The van der Waals surface area contributed by atoms with Crippen molar-refractivity contribution in [3.05, 3.63) is 152 Å². The fraction of sp³-hybridized carbons (Fsp3) is 0. The number of fused-ring (bicyclic) bond motifs is 10. The molecule has 0 atom stereocenters. The van der Waals surface area contributed by atoms with E-state index in [9.17, 15) is 5.02 Å². The molecule has 3 heterocycles. The summed E-state index contributed by atoms with van der Waals surface area (Å²) >= 11 is 1.70. The summed E-state index contributed by atoms with van der Waals surface area (Å²) in [6.45, 7) is 0. The zero-order valence-corrected chi connectivity index (χ0v) is 26.5. The van der Waals surface area contributed by atoms with Crippen LogP contribution in [0.2, 0.25) is 0 Å². The summed E-state index contributed by atoms with van der Waals surface area (Å²) in [5.74, 6) is 0.618. The van der Waals surface area contributed by atoms with Crippen LogP contribution < -0.4 is 4.65 Å². The molecular weight excluding hydrogens is 607 g/mol. The predicted molar refractivity (Wildman–Crippen MR) is 202 cm³/mol. The third-order valence-electron chi connectivity index (χ3n) is 9.55. The second kappa shape index (κ2) is 10.6. The summed E-state index contributed by atoms with van der Waals surface area (Å²) in [5.41, 5.74) is 8.96. The van der Waals surface area contributed by atoms with Gasteiger partial charge in [-0.25, -0.2) is 0 Å². The summed E-state index contributed by atoms with van der Waals surface area (Å²) in [6.07, 6.45) is 0. The summed E-state index contributed by atoms with van der Waals surface area (Å²) in [6, 6.07) is 53.8. The van der Waals surface area contributed by atoms with Crippen LogP contribution in [-0.2, 0) is 0 Å². The minimum Gasteiger partial charge on any atom is -0.536 e. The van der Waals surface area contributed by atoms with E-state index in [2.05, 4.69) is 155 Å². The van der Waals surface area contributed by atoms with Gasteiger partial charge >= 0.3 is 7.69 Å². The Bertz CT molecular complexity index is 2850. The molecule has 6 heteroatoms. The Labute approximate surface area is 280 Å². The van der Waals surface area contributed by atoms with Gasteiger partial charge in [0.1, 0.15) is 5.75 Å². The van der Waals surface area contributed by atoms with Crippen molar-refractivity contribution in [2.24, 2.45) is 0 Å². The van der Waals surface area contributed by atoms with E-state index in [1.165, 1.54) is 37.4 Å². The van der Waals surface area contributed by atoms with Crippen LogP contribution in [0.1, 0.15) is 0 Å². The molecule has 0 saturated heterocycles. The average Bonchev–Trinajstić information content (AvgIpc) is 3.80. The highest BCUT2D eigenvalue weighted by Gasteiger charge is 2.23. The Morgan fingerprint density at radius 2 is 1.06 bits per heavy atom. The van der Waals surface area contributed by atoms with E-state index in [0.29, 0.717) is 5.75 Å². The fourth-order valence-corrected chi connectivity index (χ4v) is 8.86. The van der Waals surface area contributed by atoms with E-state index >= 15 is 0 Å². The van der Waals surface area contributed by atoms with Gasteiger partial charge in [-0.3, -0.25) is 0 Å². The van der Waals surface area contributed by atoms with Crippen molar-refractivity contribution in [1.82, 2.24) is 9.13 Å². The number of thiophene rings is 1. The molecule has 0 aliphatic carbocycles. The van der Waals surface area contributed by atoms with Crippen molar-refractivity contribution in [3.63, 3.8) is 0 Å². The summed E-state index contributed by atoms with van der Waals surface area (Å²) in [4.78, 5) is 0. The highest BCUT2D eigenvalue weighted by Crippen LogP contribution is 2.47. The van der Waals surface area contributed by atoms with E-state index in [1.807, 2.05) is 6.07 Å². The summed E-state index contributed by atoms with van der Waals surface area (Å²) in [7, 11) is 0.790. The highest BCUT2D eigenvalue weighted by molar-refractivity contribution is 7.26. The quantitative estimate of drug-likeness (QED) is 0.192. The molecule has 0 saturated carbocycles. The monoisotopic (exact) mass is 633 g/mol. The van der Waals surface area contributed by atoms with E-state index in [4.69, 9.17) is 4.65 Å². The lowest BCUT2D eigenvalue weighted by molar-refractivity contribution is 0.457. The second-order valence-corrected chi connectivity index (χ2v) is 13.1. The van der Waals surface area contributed by atoms with Crippen molar-refractivity contribution in [2.75, 3.05) is 0 Å². The minimum absolute atomic E-state index is 0.618. The van der Waals surface area contributed by atoms with Gasteiger partial charge in [0, 0.05) is 48.8 Å². The molecule has 4 nitrogen and oxygen atoms in total. The van der Waals surface area contributed by atoms with E-state index < -0.39 is 0 Å². The van der Waals surface area contributed by atoms with Gasteiger partial charge < -0.3 is 18.8 Å². The zero-order valence-electron chi connectivity index (χ0n) is 25.7. The molecule has 0 bridgehead atoms. The van der Waals surface area contributed by atoms with Crippen LogP contribution in [0, 0.1) is 0 Å². The van der Waals surface area contributed by atoms with E-state index in [1.54, 1.807) is 11.3 Å². The number of benzene rings is 7. The first-order chi connectivity index (χ1) is 23.8. The zero-order chi connectivity index (χ0) is 31.8. The van der Waals surface area contributed by atoms with Crippen molar-refractivity contribution in [1.29, 1.82) is 0 Å². The normalized spacial score (nSPS) is 11.9. The molecule has 0 aliphatic rings. The molecule has 0 unspecified atom stereocenters. The third-order valence-corrected chi connectivity index (χ3v) is 10.8. The number of hydrogen-bond acceptors (Lipinski definition) is 3. The lowest BCUT2D eigenvalue weighted by Gasteiger charge is -2.14. The second-order valence-electron chi connectivity index (χ2n) is 12.1. The molecule has 1 N–H and O–H groups in total. The van der Waals surface area contributed by atoms with Gasteiger partial charge in [-0.1, -0.05) is 115 Å². The molecule has 0 aliphatic heterocycles. The average molecular weight is 634 g/mol. The molecule has 0 fully saturated rings. The molecule has 3 aromatic heterocycles. The Kier molecular flexibility index (Phi) is 6.04. The smallest absolute Gasteiger partial charge is 0.536 e. The van der Waals surface area contributed by atoms with Gasteiger partial charge in [0.15, 0.2) is 0 Å². The lowest BCUT2D eigenvalue weighted by atomic mass is 10.0. The van der Waals surface area contributed by atoms with Crippen molar-refractivity contribution >= 4 is 82.8 Å². The first kappa shape index (κ1) is 27.3. The number of hydrogen-bond donors (Lipinski definition) is 1. The van der Waals surface area contributed by atoms with Gasteiger partial charge in [-0.05, 0) is 41.5 Å². The Morgan fingerprint density at radius 1 is 0.479 bits per heavy atom. The van der Waals surface area contributed by atoms with E-state index in [0.717, 1.165) is 56.6 Å². The van der Waals surface area contributed by atoms with Crippen molar-refractivity contribution in [2.45, 2.75) is 0 Å². The summed E-state index contributed by atoms with van der Waals surface area (Å²) in [5, 5.41) is 17.0. The van der Waals surface area contributed by atoms with Crippen LogP contribution >= 0.6 is 11.3 Å². The number of nitrogens with zero attached hydrogens (tertiary/aromatic N) is 2. The predicted octanol–water partition coefficient (Wildman–Crippen LogP) is 10.8. The van der Waals surface area contributed by atoms with Gasteiger partial charge in [0.25, 0.3) is 0 Å². The molecule has 7 aromatic carbocycles. The maximum Gasteiger partial charge on any atom is 0.569 e. The van der Waals surface area contributed by atoms with Crippen LogP contribution in [-0.4, -0.2) is 21.8 Å². The Balaban J connectivity index is 1.37. The molecule has 0 amide bonds. The van der Waals surface area contributed by atoms with Crippen LogP contribution in [0.4, 0.5) is 0 Å². The number of aromatic nitrogens is 2. The largest absolute Gasteiger partial charge is 0.569 e. The molecule has 225 valence electrons. The van der Waals surface area contributed by atoms with Gasteiger partial charge in [0.05, 0.1) is 32.5 Å². The van der Waals surface area contributed by atoms with Gasteiger partial charge in [0.2, 0.25) is 0 Å². The third kappa shape index (κ3) is 3.88. The molecule has 10 rings (SSSR count). The van der Waals surface area contributed by atoms with Crippen LogP contribution in [0.15, 0.2) is 152 Å². The van der Waals surface area contributed by atoms with E-state index in [-0.39, 0.29) is 0 Å². The maximum atomic E-state index is 9.98. The van der Waals surface area contributed by atoms with Gasteiger partial charge in [-0.2, -0.15) is 0 Å². The van der Waals surface area contributed by atoms with Crippen LogP contribution in [0.3, 0.4) is 0 Å². The minimum atomic E-state index is 0.618. The maximum absolute atomic E-state index is 9.98. The standard InChI is InChI=1S/C42H26BN2O2S/c46-43-47-38-25-28(24-35-34-19-11-18-29(41(34)48-42(35)38)26-12-3-1-4-13-26)45-37-21-10-8-17-31(37)33-23-22-32-30-16-7-9-20-36(30)44(39(32)40(33)45)27-14-5-2-6-15-27/h1-25,46H. The molecular formula is C42H26BN2O2S. The number of rotatable bonds is 5. The van der Waals surface area contributed by atoms with Crippen molar-refractivity contribution in [3.8, 4) is 28.3 Å². The molecule has 10 aromatic rings. The molecule has 0 spiro atoms. The topological polar surface area (TPSA) is 39.3 Å². The van der Waals surface area contributed by atoms with Crippen molar-refractivity contribution < 1.29 is 9.68 Å². The van der Waals surface area contributed by atoms with Crippen LogP contribution in [0.25, 0.3) is 86.3 Å². The Morgan fingerprint density at radius 3 is 1.73 bits per heavy atom. The first-order valence-corrected chi connectivity index (χ1v) is 16.8. The molecule has 1 radical (unpaired) electrons. The highest BCUT2D eigenvalue weighted by atomic mass is 32.1.